The molecule has 0 radical (unpaired) electrons. The molecule has 0 bridgehead atoms. The van der Waals surface area contributed by atoms with Crippen LogP contribution in [-0.4, -0.2) is 24.7 Å². The van der Waals surface area contributed by atoms with Crippen molar-refractivity contribution in [3.8, 4) is 11.4 Å². The van der Waals surface area contributed by atoms with Crippen LogP contribution in [0, 0.1) is 6.92 Å². The fourth-order valence-corrected chi connectivity index (χ4v) is 4.11. The predicted octanol–water partition coefficient (Wildman–Crippen LogP) is 4.07. The van der Waals surface area contributed by atoms with Crippen molar-refractivity contribution >= 4 is 33.8 Å². The molecule has 1 N–H and O–H groups in total. The standard InChI is InChI=1S/C21H17N5O2S/c1-12-6-5-7-13(10-12)19-24-25-21(26(19)2)29-11-16-22-17-14-8-3-4-9-15(14)28-18(17)20(27)23-16/h3-10H,11H2,1-2H3,(H,22,23,27). The number of aromatic amines is 1. The monoisotopic (exact) mass is 403 g/mol. The Morgan fingerprint density at radius 1 is 1.14 bits per heavy atom. The van der Waals surface area contributed by atoms with Crippen LogP contribution in [0.4, 0.5) is 0 Å². The summed E-state index contributed by atoms with van der Waals surface area (Å²) in [5.74, 6) is 1.83. The Kier molecular flexibility index (Phi) is 4.21. The van der Waals surface area contributed by atoms with Gasteiger partial charge >= 0.3 is 0 Å². The Hall–Kier alpha value is -3.39. The first-order valence-corrected chi connectivity index (χ1v) is 10.1. The maximum atomic E-state index is 12.4. The summed E-state index contributed by atoms with van der Waals surface area (Å²) in [6, 6.07) is 15.7. The van der Waals surface area contributed by atoms with E-state index < -0.39 is 0 Å². The maximum absolute atomic E-state index is 12.4. The molecule has 0 saturated carbocycles. The van der Waals surface area contributed by atoms with E-state index in [1.807, 2.05) is 61.0 Å². The van der Waals surface area contributed by atoms with Gasteiger partial charge in [0.15, 0.2) is 11.0 Å². The zero-order valence-electron chi connectivity index (χ0n) is 15.8. The van der Waals surface area contributed by atoms with Crippen LogP contribution < -0.4 is 5.56 Å². The normalized spacial score (nSPS) is 11.5. The van der Waals surface area contributed by atoms with Crippen molar-refractivity contribution in [1.82, 2.24) is 24.7 Å². The molecule has 7 nitrogen and oxygen atoms in total. The molecule has 5 aromatic rings. The first-order chi connectivity index (χ1) is 14.1. The molecule has 0 unspecified atom stereocenters. The number of para-hydroxylation sites is 1. The van der Waals surface area contributed by atoms with Crippen molar-refractivity contribution in [2.75, 3.05) is 0 Å². The SMILES string of the molecule is Cc1cccc(-c2nnc(SCc3nc4c(oc5ccccc54)c(=O)[nH]3)n2C)c1. The number of nitrogens with zero attached hydrogens (tertiary/aromatic N) is 4. The zero-order chi connectivity index (χ0) is 20.0. The van der Waals surface area contributed by atoms with Gasteiger partial charge in [-0.2, -0.15) is 0 Å². The first-order valence-electron chi connectivity index (χ1n) is 9.10. The van der Waals surface area contributed by atoms with Gasteiger partial charge in [0.05, 0.1) is 5.75 Å². The number of thioether (sulfide) groups is 1. The summed E-state index contributed by atoms with van der Waals surface area (Å²) in [7, 11) is 1.93. The van der Waals surface area contributed by atoms with Gasteiger partial charge in [-0.05, 0) is 25.1 Å². The summed E-state index contributed by atoms with van der Waals surface area (Å²) in [5, 5.41) is 10.2. The molecule has 3 aromatic heterocycles. The molecule has 144 valence electrons. The van der Waals surface area contributed by atoms with Gasteiger partial charge < -0.3 is 14.0 Å². The summed E-state index contributed by atoms with van der Waals surface area (Å²) in [6.07, 6.45) is 0. The van der Waals surface area contributed by atoms with Crippen molar-refractivity contribution < 1.29 is 4.42 Å². The molecule has 8 heteroatoms. The van der Waals surface area contributed by atoms with E-state index in [-0.39, 0.29) is 11.1 Å². The molecule has 5 rings (SSSR count). The zero-order valence-corrected chi connectivity index (χ0v) is 16.7. The second-order valence-electron chi connectivity index (χ2n) is 6.81. The van der Waals surface area contributed by atoms with Gasteiger partial charge in [-0.15, -0.1) is 10.2 Å². The smallest absolute Gasteiger partial charge is 0.294 e. The van der Waals surface area contributed by atoms with Gasteiger partial charge in [0.2, 0.25) is 5.58 Å². The van der Waals surface area contributed by atoms with Gasteiger partial charge in [-0.3, -0.25) is 4.79 Å². The summed E-state index contributed by atoms with van der Waals surface area (Å²) < 4.78 is 7.59. The quantitative estimate of drug-likeness (QED) is 0.455. The second-order valence-corrected chi connectivity index (χ2v) is 7.75. The van der Waals surface area contributed by atoms with E-state index in [2.05, 4.69) is 26.2 Å². The Labute approximate surface area is 169 Å². The highest BCUT2D eigenvalue weighted by molar-refractivity contribution is 7.98. The van der Waals surface area contributed by atoms with Gasteiger partial charge in [0, 0.05) is 18.0 Å². The minimum atomic E-state index is -0.278. The van der Waals surface area contributed by atoms with Crippen LogP contribution in [0.25, 0.3) is 33.5 Å². The molecule has 0 saturated heterocycles. The highest BCUT2D eigenvalue weighted by atomic mass is 32.2. The van der Waals surface area contributed by atoms with Crippen molar-refractivity contribution in [2.24, 2.45) is 7.05 Å². The minimum Gasteiger partial charge on any atom is -0.449 e. The third kappa shape index (κ3) is 3.11. The highest BCUT2D eigenvalue weighted by Gasteiger charge is 2.15. The number of aryl methyl sites for hydroxylation is 1. The summed E-state index contributed by atoms with van der Waals surface area (Å²) in [4.78, 5) is 19.9. The molecule has 3 heterocycles. The molecule has 0 atom stereocenters. The number of furan rings is 1. The number of aromatic nitrogens is 5. The van der Waals surface area contributed by atoms with Crippen molar-refractivity contribution in [1.29, 1.82) is 0 Å². The summed E-state index contributed by atoms with van der Waals surface area (Å²) >= 11 is 1.47. The third-order valence-corrected chi connectivity index (χ3v) is 5.76. The number of rotatable bonds is 4. The number of benzene rings is 2. The number of hydrogen-bond donors (Lipinski definition) is 1. The van der Waals surface area contributed by atoms with E-state index in [4.69, 9.17) is 4.42 Å². The lowest BCUT2D eigenvalue weighted by molar-refractivity contribution is 0.660. The molecule has 0 amide bonds. The Morgan fingerprint density at radius 2 is 2.00 bits per heavy atom. The van der Waals surface area contributed by atoms with Gasteiger partial charge in [0.1, 0.15) is 16.9 Å². The van der Waals surface area contributed by atoms with Crippen LogP contribution in [0.15, 0.2) is 62.9 Å². The molecular formula is C21H17N5O2S. The van der Waals surface area contributed by atoms with Crippen molar-refractivity contribution in [2.45, 2.75) is 17.8 Å². The van der Waals surface area contributed by atoms with E-state index >= 15 is 0 Å². The number of fused-ring (bicyclic) bond motifs is 3. The lowest BCUT2D eigenvalue weighted by atomic mass is 10.1. The summed E-state index contributed by atoms with van der Waals surface area (Å²) in [5.41, 5.74) is 3.40. The van der Waals surface area contributed by atoms with Crippen molar-refractivity contribution in [3.63, 3.8) is 0 Å². The fourth-order valence-electron chi connectivity index (χ4n) is 3.32. The van der Waals surface area contributed by atoms with Crippen LogP contribution >= 0.6 is 11.8 Å². The lowest BCUT2D eigenvalue weighted by Gasteiger charge is -2.04. The highest BCUT2D eigenvalue weighted by Crippen LogP contribution is 2.27. The fraction of sp³-hybridized carbons (Fsp3) is 0.143. The molecule has 0 aliphatic heterocycles. The summed E-state index contributed by atoms with van der Waals surface area (Å²) in [6.45, 7) is 2.05. The average molecular weight is 403 g/mol. The van der Waals surface area contributed by atoms with Crippen LogP contribution in [0.1, 0.15) is 11.4 Å². The number of nitrogens with one attached hydrogen (secondary N) is 1. The van der Waals surface area contributed by atoms with Crippen LogP contribution in [0.5, 0.6) is 0 Å². The number of H-pyrrole nitrogens is 1. The van der Waals surface area contributed by atoms with E-state index in [0.29, 0.717) is 22.7 Å². The molecule has 29 heavy (non-hydrogen) atoms. The van der Waals surface area contributed by atoms with E-state index in [9.17, 15) is 4.79 Å². The molecule has 0 aliphatic rings. The van der Waals surface area contributed by atoms with E-state index in [0.717, 1.165) is 21.9 Å². The molecular weight excluding hydrogens is 386 g/mol. The maximum Gasteiger partial charge on any atom is 0.294 e. The first kappa shape index (κ1) is 17.7. The van der Waals surface area contributed by atoms with Crippen molar-refractivity contribution in [3.05, 3.63) is 70.3 Å². The van der Waals surface area contributed by atoms with E-state index in [1.165, 1.54) is 17.3 Å². The van der Waals surface area contributed by atoms with E-state index in [1.54, 1.807) is 0 Å². The van der Waals surface area contributed by atoms with Gasteiger partial charge in [-0.1, -0.05) is 47.7 Å². The largest absolute Gasteiger partial charge is 0.449 e. The minimum absolute atomic E-state index is 0.250. The van der Waals surface area contributed by atoms with Gasteiger partial charge in [0.25, 0.3) is 5.56 Å². The molecule has 0 spiro atoms. The van der Waals surface area contributed by atoms with Crippen LogP contribution in [0.3, 0.4) is 0 Å². The predicted molar refractivity (Wildman–Crippen MR) is 113 cm³/mol. The number of hydrogen-bond acceptors (Lipinski definition) is 6. The topological polar surface area (TPSA) is 89.6 Å². The van der Waals surface area contributed by atoms with Gasteiger partial charge in [-0.25, -0.2) is 4.98 Å². The molecule has 2 aromatic carbocycles. The Balaban J connectivity index is 1.45. The van der Waals surface area contributed by atoms with Crippen LogP contribution in [0.2, 0.25) is 0 Å². The third-order valence-electron chi connectivity index (χ3n) is 4.73. The van der Waals surface area contributed by atoms with Crippen LogP contribution in [-0.2, 0) is 12.8 Å². The Bertz CT molecular complexity index is 1420. The average Bonchev–Trinajstić information content (AvgIpc) is 3.27. The lowest BCUT2D eigenvalue weighted by Crippen LogP contribution is -2.10. The molecule has 0 aliphatic carbocycles. The second kappa shape index (κ2) is 6.89. The molecule has 0 fully saturated rings. The Morgan fingerprint density at radius 3 is 2.86 bits per heavy atom.